The Morgan fingerprint density at radius 1 is 1.27 bits per heavy atom. The quantitative estimate of drug-likeness (QED) is 0.624. The highest BCUT2D eigenvalue weighted by atomic mass is 16.3. The Morgan fingerprint density at radius 3 is 2.83 bits per heavy atom. The number of pyridine rings is 2. The van der Waals surface area contributed by atoms with E-state index in [1.807, 2.05) is 31.2 Å². The van der Waals surface area contributed by atoms with Gasteiger partial charge in [0.15, 0.2) is 0 Å². The van der Waals surface area contributed by atoms with Gasteiger partial charge in [0.05, 0.1) is 0 Å². The van der Waals surface area contributed by atoms with Gasteiger partial charge in [-0.1, -0.05) is 13.8 Å². The number of ketones is 1. The van der Waals surface area contributed by atoms with Gasteiger partial charge in [0, 0.05) is 49.2 Å². The monoisotopic (exact) mass is 404 g/mol. The normalized spacial score (nSPS) is 16.8. The third kappa shape index (κ3) is 4.44. The number of aryl methyl sites for hydroxylation is 1. The third-order valence-electron chi connectivity index (χ3n) is 5.36. The van der Waals surface area contributed by atoms with Crippen LogP contribution in [0.25, 0.3) is 11.3 Å². The van der Waals surface area contributed by atoms with Gasteiger partial charge < -0.3 is 14.6 Å². The van der Waals surface area contributed by atoms with Gasteiger partial charge in [0.25, 0.3) is 0 Å². The van der Waals surface area contributed by atoms with E-state index in [4.69, 9.17) is 9.40 Å². The summed E-state index contributed by atoms with van der Waals surface area (Å²) < 4.78 is 5.81. The number of anilines is 1. The van der Waals surface area contributed by atoms with Gasteiger partial charge in [-0.05, 0) is 55.7 Å². The van der Waals surface area contributed by atoms with E-state index in [0.29, 0.717) is 34.5 Å². The van der Waals surface area contributed by atoms with E-state index in [0.717, 1.165) is 37.6 Å². The molecule has 0 aliphatic carbocycles. The fourth-order valence-corrected chi connectivity index (χ4v) is 3.97. The molecule has 1 fully saturated rings. The van der Waals surface area contributed by atoms with Crippen molar-refractivity contribution in [1.82, 2.24) is 15.3 Å². The molecule has 0 radical (unpaired) electrons. The maximum Gasteiger partial charge on any atom is 0.213 e. The van der Waals surface area contributed by atoms with E-state index in [1.165, 1.54) is 0 Å². The summed E-state index contributed by atoms with van der Waals surface area (Å²) in [7, 11) is 0. The SMILES string of the molecule is Cc1ccc(-c2ccc(N3CCN[C@@H](CC(C)C)C3)nc2C(=O)c2cccnc2)o1. The number of carbonyl (C=O) groups is 1. The van der Waals surface area contributed by atoms with E-state index in [-0.39, 0.29) is 5.78 Å². The summed E-state index contributed by atoms with van der Waals surface area (Å²) >= 11 is 0. The highest BCUT2D eigenvalue weighted by Crippen LogP contribution is 2.29. The number of aromatic nitrogens is 2. The minimum absolute atomic E-state index is 0.150. The highest BCUT2D eigenvalue weighted by molar-refractivity contribution is 6.11. The zero-order valence-corrected chi connectivity index (χ0v) is 17.8. The molecule has 3 aromatic heterocycles. The summed E-state index contributed by atoms with van der Waals surface area (Å²) in [4.78, 5) is 24.5. The predicted molar refractivity (Wildman–Crippen MR) is 118 cm³/mol. The lowest BCUT2D eigenvalue weighted by Gasteiger charge is -2.35. The van der Waals surface area contributed by atoms with Crippen molar-refractivity contribution in [2.75, 3.05) is 24.5 Å². The van der Waals surface area contributed by atoms with Crippen LogP contribution in [0.2, 0.25) is 0 Å². The number of rotatable bonds is 6. The minimum Gasteiger partial charge on any atom is -0.461 e. The van der Waals surface area contributed by atoms with Crippen LogP contribution in [0, 0.1) is 12.8 Å². The lowest BCUT2D eigenvalue weighted by molar-refractivity contribution is 0.103. The highest BCUT2D eigenvalue weighted by Gasteiger charge is 2.24. The smallest absolute Gasteiger partial charge is 0.213 e. The van der Waals surface area contributed by atoms with Gasteiger partial charge in [0.2, 0.25) is 5.78 Å². The second-order valence-corrected chi connectivity index (χ2v) is 8.27. The number of nitrogens with zero attached hydrogens (tertiary/aromatic N) is 3. The molecule has 1 aliphatic rings. The van der Waals surface area contributed by atoms with Crippen molar-refractivity contribution < 1.29 is 9.21 Å². The fourth-order valence-electron chi connectivity index (χ4n) is 3.97. The first kappa shape index (κ1) is 20.3. The molecule has 0 amide bonds. The van der Waals surface area contributed by atoms with Crippen LogP contribution in [-0.2, 0) is 0 Å². The van der Waals surface area contributed by atoms with Crippen LogP contribution in [0.5, 0.6) is 0 Å². The number of piperazine rings is 1. The van der Waals surface area contributed by atoms with E-state index in [2.05, 4.69) is 29.0 Å². The molecule has 1 aliphatic heterocycles. The number of carbonyl (C=O) groups excluding carboxylic acids is 1. The number of nitrogens with one attached hydrogen (secondary N) is 1. The largest absolute Gasteiger partial charge is 0.461 e. The van der Waals surface area contributed by atoms with Gasteiger partial charge in [-0.25, -0.2) is 4.98 Å². The molecule has 1 atom stereocenters. The van der Waals surface area contributed by atoms with Crippen molar-refractivity contribution in [2.45, 2.75) is 33.2 Å². The minimum atomic E-state index is -0.150. The van der Waals surface area contributed by atoms with Gasteiger partial charge in [0.1, 0.15) is 23.0 Å². The third-order valence-corrected chi connectivity index (χ3v) is 5.36. The van der Waals surface area contributed by atoms with Gasteiger partial charge in [-0.3, -0.25) is 9.78 Å². The lowest BCUT2D eigenvalue weighted by atomic mass is 10.0. The zero-order chi connectivity index (χ0) is 21.1. The van der Waals surface area contributed by atoms with Crippen molar-refractivity contribution in [1.29, 1.82) is 0 Å². The summed E-state index contributed by atoms with van der Waals surface area (Å²) in [5.74, 6) is 2.75. The number of hydrogen-bond donors (Lipinski definition) is 1. The Balaban J connectivity index is 1.71. The van der Waals surface area contributed by atoms with E-state index in [1.54, 1.807) is 24.5 Å². The van der Waals surface area contributed by atoms with Crippen LogP contribution in [0.4, 0.5) is 5.82 Å². The van der Waals surface area contributed by atoms with Crippen LogP contribution in [0.1, 0.15) is 42.1 Å². The number of furan rings is 1. The second-order valence-electron chi connectivity index (χ2n) is 8.27. The molecule has 3 aromatic rings. The average molecular weight is 405 g/mol. The molecule has 1 saturated heterocycles. The first-order valence-electron chi connectivity index (χ1n) is 10.5. The maximum absolute atomic E-state index is 13.3. The Bertz CT molecular complexity index is 1010. The summed E-state index contributed by atoms with van der Waals surface area (Å²) in [6.07, 6.45) is 4.35. The Labute approximate surface area is 177 Å². The standard InChI is InChI=1S/C24H28N4O2/c1-16(2)13-19-15-28(12-11-26-19)22-9-7-20(21-8-6-17(3)30-21)23(27-22)24(29)18-5-4-10-25-14-18/h4-10,14,16,19,26H,11-13,15H2,1-3H3/t19-/m0/s1. The van der Waals surface area contributed by atoms with E-state index in [9.17, 15) is 4.79 Å². The van der Waals surface area contributed by atoms with Gasteiger partial charge in [-0.15, -0.1) is 0 Å². The molecule has 4 heterocycles. The van der Waals surface area contributed by atoms with Gasteiger partial charge >= 0.3 is 0 Å². The lowest BCUT2D eigenvalue weighted by Crippen LogP contribution is -2.51. The predicted octanol–water partition coefficient (Wildman–Crippen LogP) is 4.10. The molecule has 4 rings (SSSR count). The Kier molecular flexibility index (Phi) is 5.95. The first-order chi connectivity index (χ1) is 14.5. The van der Waals surface area contributed by atoms with Crippen LogP contribution >= 0.6 is 0 Å². The van der Waals surface area contributed by atoms with Crippen molar-refractivity contribution >= 4 is 11.6 Å². The molecule has 0 spiro atoms. The Hall–Kier alpha value is -2.99. The Morgan fingerprint density at radius 2 is 2.13 bits per heavy atom. The van der Waals surface area contributed by atoms with Crippen LogP contribution in [0.3, 0.4) is 0 Å². The molecule has 30 heavy (non-hydrogen) atoms. The molecule has 0 unspecified atom stereocenters. The molecule has 156 valence electrons. The van der Waals surface area contributed by atoms with Crippen LogP contribution in [0.15, 0.2) is 53.2 Å². The molecule has 0 saturated carbocycles. The molecule has 6 nitrogen and oxygen atoms in total. The van der Waals surface area contributed by atoms with Crippen molar-refractivity contribution in [2.24, 2.45) is 5.92 Å². The van der Waals surface area contributed by atoms with Gasteiger partial charge in [-0.2, -0.15) is 0 Å². The summed E-state index contributed by atoms with van der Waals surface area (Å²) in [6, 6.07) is 11.7. The molecular formula is C24H28N4O2. The topological polar surface area (TPSA) is 71.3 Å². The van der Waals surface area contributed by atoms with Crippen molar-refractivity contribution in [3.8, 4) is 11.3 Å². The summed E-state index contributed by atoms with van der Waals surface area (Å²) in [5, 5.41) is 3.59. The van der Waals surface area contributed by atoms with Crippen LogP contribution < -0.4 is 10.2 Å². The summed E-state index contributed by atoms with van der Waals surface area (Å²) in [6.45, 7) is 9.02. The molecule has 0 bridgehead atoms. The number of hydrogen-bond acceptors (Lipinski definition) is 6. The molecule has 6 heteroatoms. The fraction of sp³-hybridized carbons (Fsp3) is 0.375. The van der Waals surface area contributed by atoms with Crippen molar-refractivity contribution in [3.63, 3.8) is 0 Å². The molecule has 0 aromatic carbocycles. The second kappa shape index (κ2) is 8.79. The first-order valence-corrected chi connectivity index (χ1v) is 10.5. The molecular weight excluding hydrogens is 376 g/mol. The maximum atomic E-state index is 13.3. The average Bonchev–Trinajstić information content (AvgIpc) is 3.19. The zero-order valence-electron chi connectivity index (χ0n) is 17.8. The van der Waals surface area contributed by atoms with Crippen LogP contribution in [-0.4, -0.2) is 41.4 Å². The van der Waals surface area contributed by atoms with E-state index >= 15 is 0 Å². The molecule has 1 N–H and O–H groups in total. The van der Waals surface area contributed by atoms with E-state index < -0.39 is 0 Å². The summed E-state index contributed by atoms with van der Waals surface area (Å²) in [5.41, 5.74) is 1.62. The van der Waals surface area contributed by atoms with Crippen molar-refractivity contribution in [3.05, 3.63) is 65.8 Å².